The summed E-state index contributed by atoms with van der Waals surface area (Å²) in [6.07, 6.45) is 2.16. The van der Waals surface area contributed by atoms with E-state index in [9.17, 15) is 8.78 Å². The van der Waals surface area contributed by atoms with Crippen LogP contribution in [-0.4, -0.2) is 11.3 Å². The third-order valence-electron chi connectivity index (χ3n) is 1.64. The van der Waals surface area contributed by atoms with E-state index < -0.39 is 11.6 Å². The van der Waals surface area contributed by atoms with Gasteiger partial charge in [0.25, 0.3) is 0 Å². The Bertz CT molecular complexity index is 325. The first-order valence-electron chi connectivity index (χ1n) is 3.72. The van der Waals surface area contributed by atoms with Crippen molar-refractivity contribution in [2.75, 3.05) is 6.26 Å². The Morgan fingerprint density at radius 3 is 2.69 bits per heavy atom. The Morgan fingerprint density at radius 2 is 2.15 bits per heavy atom. The second kappa shape index (κ2) is 4.37. The second-order valence-electron chi connectivity index (χ2n) is 2.58. The van der Waals surface area contributed by atoms with Gasteiger partial charge in [-0.1, -0.05) is 17.8 Å². The zero-order valence-corrected chi connectivity index (χ0v) is 8.00. The molecular weight excluding hydrogens is 192 g/mol. The number of hydrogen-bond acceptors (Lipinski definition) is 1. The highest BCUT2D eigenvalue weighted by atomic mass is 32.2. The van der Waals surface area contributed by atoms with Gasteiger partial charge < -0.3 is 0 Å². The van der Waals surface area contributed by atoms with Crippen LogP contribution in [0.4, 0.5) is 8.78 Å². The number of nitrogens with two attached hydrogens (primary N) is 1. The van der Waals surface area contributed by atoms with Crippen molar-refractivity contribution in [1.29, 1.82) is 0 Å². The van der Waals surface area contributed by atoms with Crippen LogP contribution in [-0.2, 0) is 6.42 Å². The quantitative estimate of drug-likeness (QED) is 0.562. The van der Waals surface area contributed by atoms with E-state index in [4.69, 9.17) is 5.41 Å². The monoisotopic (exact) mass is 202 g/mol. The van der Waals surface area contributed by atoms with Crippen molar-refractivity contribution in [3.63, 3.8) is 0 Å². The molecule has 1 aromatic rings. The van der Waals surface area contributed by atoms with Crippen LogP contribution >= 0.6 is 11.8 Å². The maximum Gasteiger partial charge on any atom is 0.211 e. The third-order valence-corrected chi connectivity index (χ3v) is 2.31. The smallest absolute Gasteiger partial charge is 0.211 e. The predicted molar refractivity (Wildman–Crippen MR) is 50.5 cm³/mol. The number of hydrogen-bond donors (Lipinski definition) is 1. The molecule has 0 atom stereocenters. The van der Waals surface area contributed by atoms with Crippen LogP contribution in [0.2, 0.25) is 0 Å². The molecule has 0 bridgehead atoms. The Labute approximate surface area is 79.7 Å². The van der Waals surface area contributed by atoms with Gasteiger partial charge in [0.2, 0.25) is 5.04 Å². The molecule has 70 valence electrons. The molecule has 1 rings (SSSR count). The van der Waals surface area contributed by atoms with E-state index in [1.807, 2.05) is 6.26 Å². The lowest BCUT2D eigenvalue weighted by Crippen LogP contribution is -2.38. The summed E-state index contributed by atoms with van der Waals surface area (Å²) in [6.45, 7) is 0. The fourth-order valence-electron chi connectivity index (χ4n) is 0.925. The fraction of sp³-hybridized carbons (Fsp3) is 0.222. The molecule has 0 heterocycles. The van der Waals surface area contributed by atoms with Crippen LogP contribution in [0.25, 0.3) is 0 Å². The van der Waals surface area contributed by atoms with Crippen LogP contribution in [0.5, 0.6) is 0 Å². The van der Waals surface area contributed by atoms with Gasteiger partial charge in [-0.05, 0) is 17.9 Å². The average molecular weight is 202 g/mol. The van der Waals surface area contributed by atoms with Crippen LogP contribution in [0.3, 0.4) is 0 Å². The van der Waals surface area contributed by atoms with Gasteiger partial charge >= 0.3 is 0 Å². The fourth-order valence-corrected chi connectivity index (χ4v) is 1.22. The Hall–Kier alpha value is -0.900. The number of thioether (sulfide) groups is 1. The molecule has 0 spiro atoms. The molecule has 0 aliphatic carbocycles. The van der Waals surface area contributed by atoms with Crippen molar-refractivity contribution in [1.82, 2.24) is 0 Å². The Morgan fingerprint density at radius 1 is 1.46 bits per heavy atom. The van der Waals surface area contributed by atoms with Crippen LogP contribution in [0.15, 0.2) is 18.2 Å². The third kappa shape index (κ3) is 2.81. The van der Waals surface area contributed by atoms with Gasteiger partial charge in [-0.25, -0.2) is 8.78 Å². The molecule has 1 aromatic carbocycles. The maximum atomic E-state index is 13.0. The van der Waals surface area contributed by atoms with Gasteiger partial charge in [-0.15, -0.1) is 0 Å². The molecule has 0 aliphatic heterocycles. The van der Waals surface area contributed by atoms with Crippen molar-refractivity contribution in [3.8, 4) is 0 Å². The number of halogens is 2. The lowest BCUT2D eigenvalue weighted by Gasteiger charge is -1.99. The number of benzene rings is 1. The summed E-state index contributed by atoms with van der Waals surface area (Å²) in [5, 5.41) is 6.15. The Kier molecular flexibility index (Phi) is 3.42. The van der Waals surface area contributed by atoms with Gasteiger partial charge in [0.15, 0.2) is 0 Å². The molecule has 1 nitrogen and oxygen atoms in total. The first-order chi connectivity index (χ1) is 6.13. The van der Waals surface area contributed by atoms with E-state index in [0.29, 0.717) is 17.0 Å². The van der Waals surface area contributed by atoms with E-state index in [-0.39, 0.29) is 0 Å². The van der Waals surface area contributed by atoms with Crippen molar-refractivity contribution < 1.29 is 14.2 Å². The molecule has 0 radical (unpaired) electrons. The summed E-state index contributed by atoms with van der Waals surface area (Å²) in [6, 6.07) is 3.50. The van der Waals surface area contributed by atoms with Crippen LogP contribution in [0, 0.1) is 11.6 Å². The summed E-state index contributed by atoms with van der Waals surface area (Å²) in [7, 11) is 0. The van der Waals surface area contributed by atoms with Gasteiger partial charge in [-0.2, -0.15) is 0 Å². The molecule has 2 N–H and O–H groups in total. The molecular formula is C9H10F2NS+. The zero-order chi connectivity index (χ0) is 9.84. The highest BCUT2D eigenvalue weighted by Crippen LogP contribution is 2.11. The summed E-state index contributed by atoms with van der Waals surface area (Å²) < 4.78 is 25.5. The van der Waals surface area contributed by atoms with E-state index >= 15 is 0 Å². The minimum Gasteiger partial charge on any atom is -0.252 e. The highest BCUT2D eigenvalue weighted by Gasteiger charge is 2.08. The molecule has 0 amide bonds. The van der Waals surface area contributed by atoms with E-state index in [1.165, 1.54) is 23.9 Å². The molecule has 0 saturated heterocycles. The summed E-state index contributed by atoms with van der Waals surface area (Å²) >= 11 is 1.37. The SMILES string of the molecule is CSC(=[NH2+])Cc1ccc(F)cc1F. The molecule has 0 unspecified atom stereocenters. The molecule has 0 aliphatic rings. The molecule has 4 heteroatoms. The normalized spacial score (nSPS) is 10.1. The second-order valence-corrected chi connectivity index (χ2v) is 3.52. The summed E-state index contributed by atoms with van der Waals surface area (Å²) in [5.74, 6) is -1.11. The standard InChI is InChI=1S/C9H9F2NS/c1-13-9(12)4-6-2-3-7(10)5-8(6)11/h2-3,5,12H,4H2,1H3/p+1. The average Bonchev–Trinajstić information content (AvgIpc) is 2.09. The lowest BCUT2D eigenvalue weighted by molar-refractivity contribution is -0.110. The molecule has 0 saturated carbocycles. The minimum absolute atomic E-state index is 0.341. The topological polar surface area (TPSA) is 25.6 Å². The minimum atomic E-state index is -0.566. The van der Waals surface area contributed by atoms with Crippen molar-refractivity contribution in [2.24, 2.45) is 0 Å². The number of rotatable bonds is 2. The largest absolute Gasteiger partial charge is 0.252 e. The predicted octanol–water partition coefficient (Wildman–Crippen LogP) is 1.03. The van der Waals surface area contributed by atoms with Crippen LogP contribution < -0.4 is 5.41 Å². The van der Waals surface area contributed by atoms with Crippen LogP contribution in [0.1, 0.15) is 5.56 Å². The molecule has 13 heavy (non-hydrogen) atoms. The Balaban J connectivity index is 2.83. The van der Waals surface area contributed by atoms with E-state index in [2.05, 4.69) is 0 Å². The van der Waals surface area contributed by atoms with Crippen molar-refractivity contribution >= 4 is 16.8 Å². The van der Waals surface area contributed by atoms with Crippen molar-refractivity contribution in [3.05, 3.63) is 35.4 Å². The summed E-state index contributed by atoms with van der Waals surface area (Å²) in [5.41, 5.74) is 0.424. The zero-order valence-electron chi connectivity index (χ0n) is 7.18. The van der Waals surface area contributed by atoms with Gasteiger partial charge in [0.05, 0.1) is 6.42 Å². The van der Waals surface area contributed by atoms with E-state index in [0.717, 1.165) is 6.07 Å². The first kappa shape index (κ1) is 10.2. The van der Waals surface area contributed by atoms with Gasteiger partial charge in [0.1, 0.15) is 11.6 Å². The van der Waals surface area contributed by atoms with Gasteiger partial charge in [0, 0.05) is 6.07 Å². The summed E-state index contributed by atoms with van der Waals surface area (Å²) in [4.78, 5) is 0. The maximum absolute atomic E-state index is 13.0. The lowest BCUT2D eigenvalue weighted by atomic mass is 10.1. The molecule has 0 aromatic heterocycles. The van der Waals surface area contributed by atoms with Crippen molar-refractivity contribution in [2.45, 2.75) is 6.42 Å². The molecule has 0 fully saturated rings. The van der Waals surface area contributed by atoms with Gasteiger partial charge in [-0.3, -0.25) is 5.41 Å². The van der Waals surface area contributed by atoms with E-state index in [1.54, 1.807) is 0 Å². The highest BCUT2D eigenvalue weighted by molar-refractivity contribution is 8.13. The first-order valence-corrected chi connectivity index (χ1v) is 4.95.